The van der Waals surface area contributed by atoms with Gasteiger partial charge in [0.1, 0.15) is 11.6 Å². The monoisotopic (exact) mass is 407 g/mol. The molecule has 0 radical (unpaired) electrons. The molecule has 0 atom stereocenters. The van der Waals surface area contributed by atoms with Gasteiger partial charge in [-0.05, 0) is 50.2 Å². The number of nitrogens with zero attached hydrogens (tertiary/aromatic N) is 3. The summed E-state index contributed by atoms with van der Waals surface area (Å²) in [6, 6.07) is 15.2. The van der Waals surface area contributed by atoms with Gasteiger partial charge in [-0.25, -0.2) is 14.4 Å². The SMILES string of the molecule is Cc1nc(CN(C(=O)c2nc(-c3ccccc3)oc2C)c2ccc(F)cc2)cs1. The van der Waals surface area contributed by atoms with Crippen molar-refractivity contribution in [1.29, 1.82) is 0 Å². The predicted molar refractivity (Wildman–Crippen MR) is 110 cm³/mol. The molecular formula is C22H18FN3O2S. The zero-order chi connectivity index (χ0) is 20.4. The van der Waals surface area contributed by atoms with Crippen molar-refractivity contribution in [3.8, 4) is 11.5 Å². The topological polar surface area (TPSA) is 59.2 Å². The van der Waals surface area contributed by atoms with Crippen molar-refractivity contribution in [2.24, 2.45) is 0 Å². The lowest BCUT2D eigenvalue weighted by Crippen LogP contribution is -2.31. The number of anilines is 1. The van der Waals surface area contributed by atoms with Gasteiger partial charge in [0, 0.05) is 16.6 Å². The van der Waals surface area contributed by atoms with E-state index in [2.05, 4.69) is 9.97 Å². The number of rotatable bonds is 5. The third-order valence-electron chi connectivity index (χ3n) is 4.39. The van der Waals surface area contributed by atoms with Crippen molar-refractivity contribution >= 4 is 22.9 Å². The number of amides is 1. The summed E-state index contributed by atoms with van der Waals surface area (Å²) in [5.74, 6) is 0.116. The first-order chi connectivity index (χ1) is 14.0. The van der Waals surface area contributed by atoms with Gasteiger partial charge in [0.2, 0.25) is 5.89 Å². The summed E-state index contributed by atoms with van der Waals surface area (Å²) in [5.41, 5.74) is 2.33. The molecule has 0 spiro atoms. The lowest BCUT2D eigenvalue weighted by atomic mass is 10.2. The van der Waals surface area contributed by atoms with Gasteiger partial charge in [0.15, 0.2) is 5.69 Å². The van der Waals surface area contributed by atoms with E-state index in [4.69, 9.17) is 4.42 Å². The van der Waals surface area contributed by atoms with Gasteiger partial charge in [-0.2, -0.15) is 0 Å². The van der Waals surface area contributed by atoms with Crippen LogP contribution in [0.15, 0.2) is 64.4 Å². The highest BCUT2D eigenvalue weighted by atomic mass is 32.1. The lowest BCUT2D eigenvalue weighted by molar-refractivity contribution is 0.0979. The Labute approximate surface area is 171 Å². The predicted octanol–water partition coefficient (Wildman–Crippen LogP) is 5.40. The number of oxazole rings is 1. The van der Waals surface area contributed by atoms with Crippen LogP contribution in [0.5, 0.6) is 0 Å². The number of carbonyl (C=O) groups excluding carboxylic acids is 1. The number of carbonyl (C=O) groups is 1. The Morgan fingerprint density at radius 1 is 1.07 bits per heavy atom. The maximum absolute atomic E-state index is 13.4. The minimum atomic E-state index is -0.366. The van der Waals surface area contributed by atoms with Crippen LogP contribution in [0.3, 0.4) is 0 Å². The Hall–Kier alpha value is -3.32. The number of benzene rings is 2. The zero-order valence-corrected chi connectivity index (χ0v) is 16.7. The lowest BCUT2D eigenvalue weighted by Gasteiger charge is -2.21. The Bertz CT molecular complexity index is 1140. The summed E-state index contributed by atoms with van der Waals surface area (Å²) in [6.45, 7) is 3.87. The normalized spacial score (nSPS) is 10.9. The molecule has 0 aliphatic rings. The highest BCUT2D eigenvalue weighted by molar-refractivity contribution is 7.09. The van der Waals surface area contributed by atoms with Crippen LogP contribution in [0.25, 0.3) is 11.5 Å². The average molecular weight is 407 g/mol. The number of hydrogen-bond acceptors (Lipinski definition) is 5. The fraction of sp³-hybridized carbons (Fsp3) is 0.136. The molecule has 2 aromatic carbocycles. The van der Waals surface area contributed by atoms with E-state index in [0.29, 0.717) is 17.3 Å². The first-order valence-corrected chi connectivity index (χ1v) is 9.90. The van der Waals surface area contributed by atoms with Crippen LogP contribution in [0.2, 0.25) is 0 Å². The second kappa shape index (κ2) is 7.97. The molecule has 0 N–H and O–H groups in total. The third-order valence-corrected chi connectivity index (χ3v) is 5.21. The number of halogens is 1. The maximum atomic E-state index is 13.4. The largest absolute Gasteiger partial charge is 0.441 e. The minimum absolute atomic E-state index is 0.222. The van der Waals surface area contributed by atoms with Gasteiger partial charge in [-0.1, -0.05) is 18.2 Å². The van der Waals surface area contributed by atoms with Crippen LogP contribution >= 0.6 is 11.3 Å². The molecular weight excluding hydrogens is 389 g/mol. The van der Waals surface area contributed by atoms with Crippen LogP contribution in [-0.2, 0) is 6.54 Å². The van der Waals surface area contributed by atoms with Crippen LogP contribution < -0.4 is 4.90 Å². The number of aryl methyl sites for hydroxylation is 2. The summed E-state index contributed by atoms with van der Waals surface area (Å²) in [4.78, 5) is 23.8. The summed E-state index contributed by atoms with van der Waals surface area (Å²) in [7, 11) is 0. The fourth-order valence-electron chi connectivity index (χ4n) is 2.97. The van der Waals surface area contributed by atoms with Crippen LogP contribution in [0.4, 0.5) is 10.1 Å². The van der Waals surface area contributed by atoms with E-state index in [-0.39, 0.29) is 24.0 Å². The molecule has 0 aliphatic carbocycles. The molecule has 0 saturated carbocycles. The quantitative estimate of drug-likeness (QED) is 0.444. The molecule has 0 unspecified atom stereocenters. The van der Waals surface area contributed by atoms with Crippen molar-refractivity contribution in [2.75, 3.05) is 4.90 Å². The molecule has 0 saturated heterocycles. The van der Waals surface area contributed by atoms with E-state index in [1.807, 2.05) is 42.6 Å². The third kappa shape index (κ3) is 4.09. The number of thiazole rings is 1. The van der Waals surface area contributed by atoms with E-state index in [1.165, 1.54) is 28.4 Å². The highest BCUT2D eigenvalue weighted by Gasteiger charge is 2.25. The molecule has 2 aromatic heterocycles. The standard InChI is InChI=1S/C22H18FN3O2S/c1-14-20(25-21(28-14)16-6-4-3-5-7-16)22(27)26(12-18-13-29-15(2)24-18)19-10-8-17(23)9-11-19/h3-11,13H,12H2,1-2H3. The van der Waals surface area contributed by atoms with E-state index < -0.39 is 0 Å². The van der Waals surface area contributed by atoms with Gasteiger partial charge < -0.3 is 9.32 Å². The fourth-order valence-corrected chi connectivity index (χ4v) is 3.57. The van der Waals surface area contributed by atoms with Crippen molar-refractivity contribution in [2.45, 2.75) is 20.4 Å². The van der Waals surface area contributed by atoms with Gasteiger partial charge in [0.25, 0.3) is 5.91 Å². The van der Waals surface area contributed by atoms with Crippen molar-refractivity contribution < 1.29 is 13.6 Å². The van der Waals surface area contributed by atoms with Crippen LogP contribution in [-0.4, -0.2) is 15.9 Å². The molecule has 2 heterocycles. The molecule has 4 aromatic rings. The Kier molecular flexibility index (Phi) is 5.22. The van der Waals surface area contributed by atoms with E-state index >= 15 is 0 Å². The molecule has 4 rings (SSSR count). The zero-order valence-electron chi connectivity index (χ0n) is 15.9. The van der Waals surface area contributed by atoms with Crippen molar-refractivity contribution in [1.82, 2.24) is 9.97 Å². The van der Waals surface area contributed by atoms with Crippen LogP contribution in [0.1, 0.15) is 27.0 Å². The van der Waals surface area contributed by atoms with E-state index in [9.17, 15) is 9.18 Å². The molecule has 1 amide bonds. The van der Waals surface area contributed by atoms with Crippen LogP contribution in [0, 0.1) is 19.7 Å². The van der Waals surface area contributed by atoms with Gasteiger partial charge >= 0.3 is 0 Å². The number of aromatic nitrogens is 2. The van der Waals surface area contributed by atoms with Gasteiger partial charge in [0.05, 0.1) is 17.2 Å². The molecule has 146 valence electrons. The Balaban J connectivity index is 1.71. The van der Waals surface area contributed by atoms with Crippen molar-refractivity contribution in [3.63, 3.8) is 0 Å². The van der Waals surface area contributed by atoms with E-state index in [0.717, 1.165) is 16.3 Å². The molecule has 0 fully saturated rings. The molecule has 0 aliphatic heterocycles. The second-order valence-corrected chi connectivity index (χ2v) is 7.58. The highest BCUT2D eigenvalue weighted by Crippen LogP contribution is 2.26. The van der Waals surface area contributed by atoms with Crippen molar-refractivity contribution in [3.05, 3.63) is 88.0 Å². The Morgan fingerprint density at radius 2 is 1.79 bits per heavy atom. The first kappa shape index (κ1) is 19.0. The van der Waals surface area contributed by atoms with E-state index in [1.54, 1.807) is 19.1 Å². The average Bonchev–Trinajstić information content (AvgIpc) is 3.32. The van der Waals surface area contributed by atoms with Gasteiger partial charge in [-0.15, -0.1) is 11.3 Å². The molecule has 5 nitrogen and oxygen atoms in total. The smallest absolute Gasteiger partial charge is 0.280 e. The minimum Gasteiger partial charge on any atom is -0.441 e. The summed E-state index contributed by atoms with van der Waals surface area (Å²) >= 11 is 1.51. The summed E-state index contributed by atoms with van der Waals surface area (Å²) in [6.07, 6.45) is 0. The van der Waals surface area contributed by atoms with Gasteiger partial charge in [-0.3, -0.25) is 4.79 Å². The Morgan fingerprint density at radius 3 is 2.45 bits per heavy atom. The molecule has 0 bridgehead atoms. The first-order valence-electron chi connectivity index (χ1n) is 9.02. The second-order valence-electron chi connectivity index (χ2n) is 6.52. The number of hydrogen-bond donors (Lipinski definition) is 0. The molecule has 7 heteroatoms. The maximum Gasteiger partial charge on any atom is 0.280 e. The summed E-state index contributed by atoms with van der Waals surface area (Å²) < 4.78 is 19.2. The summed E-state index contributed by atoms with van der Waals surface area (Å²) in [5, 5.41) is 2.82. The molecule has 29 heavy (non-hydrogen) atoms.